The highest BCUT2D eigenvalue weighted by Crippen LogP contribution is 2.38. The van der Waals surface area contributed by atoms with Crippen LogP contribution in [0.1, 0.15) is 31.7 Å². The van der Waals surface area contributed by atoms with Crippen molar-refractivity contribution in [3.63, 3.8) is 0 Å². The summed E-state index contributed by atoms with van der Waals surface area (Å²) in [5.74, 6) is 3.62. The molecule has 3 heterocycles. The van der Waals surface area contributed by atoms with Crippen LogP contribution in [0.5, 0.6) is 0 Å². The molecule has 1 amide bonds. The van der Waals surface area contributed by atoms with Gasteiger partial charge in [0.25, 0.3) is 0 Å². The average molecular weight is 478 g/mol. The minimum Gasteiger partial charge on any atom is -0.368 e. The number of amides is 1. The summed E-state index contributed by atoms with van der Waals surface area (Å²) >= 11 is 1.36. The van der Waals surface area contributed by atoms with Gasteiger partial charge in [0.05, 0.1) is 11.3 Å². The van der Waals surface area contributed by atoms with Crippen LogP contribution in [-0.4, -0.2) is 61.5 Å². The Bertz CT molecular complexity index is 1020. The van der Waals surface area contributed by atoms with E-state index in [-0.39, 0.29) is 11.8 Å². The summed E-state index contributed by atoms with van der Waals surface area (Å²) in [6, 6.07) is 4.00. The Hall–Kier alpha value is -2.24. The first-order valence-corrected chi connectivity index (χ1v) is 12.4. The van der Waals surface area contributed by atoms with Gasteiger partial charge in [-0.2, -0.15) is 13.2 Å². The minimum atomic E-state index is -4.32. The number of nitrogens with zero attached hydrogens (tertiary/aromatic N) is 3. The molecular formula is C25H30F3N3OS. The Kier molecular flexibility index (Phi) is 7.20. The van der Waals surface area contributed by atoms with E-state index in [4.69, 9.17) is 6.42 Å². The summed E-state index contributed by atoms with van der Waals surface area (Å²) in [5.41, 5.74) is 0.414. The molecule has 33 heavy (non-hydrogen) atoms. The van der Waals surface area contributed by atoms with E-state index in [9.17, 15) is 18.0 Å². The molecule has 2 saturated heterocycles. The van der Waals surface area contributed by atoms with Gasteiger partial charge in [-0.25, -0.2) is 0 Å². The van der Waals surface area contributed by atoms with Crippen LogP contribution >= 0.6 is 11.3 Å². The van der Waals surface area contributed by atoms with Crippen LogP contribution in [-0.2, 0) is 11.0 Å². The van der Waals surface area contributed by atoms with Crippen LogP contribution in [0.3, 0.4) is 0 Å². The fraction of sp³-hybridized carbons (Fsp3) is 0.560. The summed E-state index contributed by atoms with van der Waals surface area (Å²) in [6.07, 6.45) is 3.63. The molecule has 0 radical (unpaired) electrons. The lowest BCUT2D eigenvalue weighted by atomic mass is 9.91. The Morgan fingerprint density at radius 3 is 2.67 bits per heavy atom. The monoisotopic (exact) mass is 477 g/mol. The lowest BCUT2D eigenvalue weighted by molar-refractivity contribution is -0.137. The Labute approximate surface area is 197 Å². The third-order valence-corrected chi connectivity index (χ3v) is 7.64. The molecule has 2 aliphatic heterocycles. The van der Waals surface area contributed by atoms with Crippen LogP contribution < -0.4 is 4.90 Å². The van der Waals surface area contributed by atoms with Gasteiger partial charge >= 0.3 is 6.18 Å². The zero-order valence-electron chi connectivity index (χ0n) is 18.9. The van der Waals surface area contributed by atoms with E-state index >= 15 is 0 Å². The molecule has 0 spiro atoms. The van der Waals surface area contributed by atoms with E-state index in [1.165, 1.54) is 23.5 Å². The lowest BCUT2D eigenvalue weighted by Crippen LogP contribution is -2.47. The van der Waals surface area contributed by atoms with E-state index < -0.39 is 11.7 Å². The molecule has 2 unspecified atom stereocenters. The molecule has 2 atom stereocenters. The van der Waals surface area contributed by atoms with E-state index in [0.717, 1.165) is 63.2 Å². The molecule has 2 aromatic rings. The molecule has 4 rings (SSSR count). The van der Waals surface area contributed by atoms with Crippen molar-refractivity contribution in [1.82, 2.24) is 9.80 Å². The number of likely N-dealkylation sites (tertiary alicyclic amines) is 1. The van der Waals surface area contributed by atoms with Gasteiger partial charge in [-0.15, -0.1) is 23.7 Å². The Balaban J connectivity index is 1.25. The lowest BCUT2D eigenvalue weighted by Gasteiger charge is -2.36. The number of hydrogen-bond acceptors (Lipinski definition) is 4. The van der Waals surface area contributed by atoms with Gasteiger partial charge in [0.1, 0.15) is 0 Å². The first kappa shape index (κ1) is 23.9. The maximum Gasteiger partial charge on any atom is 0.416 e. The van der Waals surface area contributed by atoms with Gasteiger partial charge in [0, 0.05) is 67.1 Å². The number of benzene rings is 1. The standard InChI is InChI=1S/C25H30F3N3OS/c1-3-19-13-18(2)15-31(16-19)24(32)5-4-8-29-9-11-30(12-10-29)22-17-33-23-14-20(25(26,27)28)6-7-21(22)23/h1,6-7,14,17-19H,4-5,8-13,15-16H2,2H3. The van der Waals surface area contributed by atoms with Gasteiger partial charge in [-0.1, -0.05) is 13.0 Å². The van der Waals surface area contributed by atoms with Crippen LogP contribution in [0.15, 0.2) is 23.6 Å². The van der Waals surface area contributed by atoms with Crippen molar-refractivity contribution in [3.05, 3.63) is 29.1 Å². The van der Waals surface area contributed by atoms with Gasteiger partial charge in [-0.05, 0) is 37.4 Å². The van der Waals surface area contributed by atoms with Crippen molar-refractivity contribution in [1.29, 1.82) is 0 Å². The molecule has 178 valence electrons. The number of fused-ring (bicyclic) bond motifs is 1. The third-order valence-electron chi connectivity index (χ3n) is 6.71. The smallest absolute Gasteiger partial charge is 0.368 e. The van der Waals surface area contributed by atoms with Crippen LogP contribution in [0.4, 0.5) is 18.9 Å². The predicted octanol–water partition coefficient (Wildman–Crippen LogP) is 4.94. The number of anilines is 1. The van der Waals surface area contributed by atoms with E-state index in [0.29, 0.717) is 23.6 Å². The zero-order valence-corrected chi connectivity index (χ0v) is 19.7. The summed E-state index contributed by atoms with van der Waals surface area (Å²) in [5, 5.41) is 2.84. The normalized spacial score (nSPS) is 22.5. The van der Waals surface area contributed by atoms with Gasteiger partial charge < -0.3 is 9.80 Å². The number of alkyl halides is 3. The van der Waals surface area contributed by atoms with Gasteiger partial charge in [0.2, 0.25) is 5.91 Å². The van der Waals surface area contributed by atoms with Crippen molar-refractivity contribution < 1.29 is 18.0 Å². The van der Waals surface area contributed by atoms with Gasteiger partial charge in [0.15, 0.2) is 0 Å². The maximum atomic E-state index is 13.0. The predicted molar refractivity (Wildman–Crippen MR) is 127 cm³/mol. The number of piperidine rings is 1. The number of hydrogen-bond donors (Lipinski definition) is 0. The number of halogens is 3. The molecule has 2 aliphatic rings. The van der Waals surface area contributed by atoms with Crippen LogP contribution in [0.25, 0.3) is 10.1 Å². The van der Waals surface area contributed by atoms with Crippen molar-refractivity contribution in [2.45, 2.75) is 32.4 Å². The molecule has 0 bridgehead atoms. The number of thiophene rings is 1. The quantitative estimate of drug-likeness (QED) is 0.571. The molecule has 1 aromatic heterocycles. The fourth-order valence-corrected chi connectivity index (χ4v) is 5.94. The minimum absolute atomic E-state index is 0.166. The molecule has 8 heteroatoms. The van der Waals surface area contributed by atoms with Crippen molar-refractivity contribution in [2.75, 3.05) is 50.7 Å². The molecule has 0 N–H and O–H groups in total. The number of terminal acetylenes is 1. The van der Waals surface area contributed by atoms with Crippen molar-refractivity contribution >= 4 is 33.0 Å². The highest BCUT2D eigenvalue weighted by molar-refractivity contribution is 7.17. The second kappa shape index (κ2) is 9.94. The number of rotatable bonds is 5. The highest BCUT2D eigenvalue weighted by atomic mass is 32.1. The summed E-state index contributed by atoms with van der Waals surface area (Å²) < 4.78 is 39.6. The second-order valence-electron chi connectivity index (χ2n) is 9.27. The SMILES string of the molecule is C#CC1CC(C)CN(C(=O)CCCN2CCN(c3csc4cc(C(F)(F)F)ccc34)CC2)C1. The molecule has 2 fully saturated rings. The topological polar surface area (TPSA) is 26.8 Å². The average Bonchev–Trinajstić information content (AvgIpc) is 3.22. The van der Waals surface area contributed by atoms with E-state index in [2.05, 4.69) is 22.6 Å². The number of carbonyl (C=O) groups is 1. The number of carbonyl (C=O) groups excluding carboxylic acids is 1. The third kappa shape index (κ3) is 5.64. The molecule has 4 nitrogen and oxygen atoms in total. The summed E-state index contributed by atoms with van der Waals surface area (Å²) in [4.78, 5) is 19.2. The van der Waals surface area contributed by atoms with Crippen molar-refractivity contribution in [3.8, 4) is 12.3 Å². The highest BCUT2D eigenvalue weighted by Gasteiger charge is 2.31. The first-order chi connectivity index (χ1) is 15.7. The zero-order chi connectivity index (χ0) is 23.6. The molecule has 0 saturated carbocycles. The van der Waals surface area contributed by atoms with Crippen LogP contribution in [0, 0.1) is 24.2 Å². The maximum absolute atomic E-state index is 13.0. The van der Waals surface area contributed by atoms with Gasteiger partial charge in [-0.3, -0.25) is 9.69 Å². The molecular weight excluding hydrogens is 447 g/mol. The fourth-order valence-electron chi connectivity index (χ4n) is 4.94. The van der Waals surface area contributed by atoms with Crippen molar-refractivity contribution in [2.24, 2.45) is 11.8 Å². The molecule has 0 aliphatic carbocycles. The number of piperazine rings is 1. The van der Waals surface area contributed by atoms with E-state index in [1.54, 1.807) is 6.07 Å². The first-order valence-electron chi connectivity index (χ1n) is 11.5. The summed E-state index contributed by atoms with van der Waals surface area (Å²) in [7, 11) is 0. The second-order valence-corrected chi connectivity index (χ2v) is 10.2. The van der Waals surface area contributed by atoms with E-state index in [1.807, 2.05) is 10.3 Å². The Morgan fingerprint density at radius 1 is 1.21 bits per heavy atom. The summed E-state index contributed by atoms with van der Waals surface area (Å²) in [6.45, 7) is 7.92. The Morgan fingerprint density at radius 2 is 1.97 bits per heavy atom. The van der Waals surface area contributed by atoms with Crippen LogP contribution in [0.2, 0.25) is 0 Å². The molecule has 1 aromatic carbocycles. The largest absolute Gasteiger partial charge is 0.416 e.